The van der Waals surface area contributed by atoms with Crippen molar-refractivity contribution in [3.63, 3.8) is 0 Å². The molecular formula is C17H27N. The predicted molar refractivity (Wildman–Crippen MR) is 79.0 cm³/mol. The average molecular weight is 245 g/mol. The van der Waals surface area contributed by atoms with E-state index in [1.165, 1.54) is 25.7 Å². The first-order valence-electron chi connectivity index (χ1n) is 7.55. The molecule has 0 heterocycles. The van der Waals surface area contributed by atoms with Crippen LogP contribution in [0.3, 0.4) is 0 Å². The quantitative estimate of drug-likeness (QED) is 0.761. The van der Waals surface area contributed by atoms with Gasteiger partial charge in [-0.1, -0.05) is 51.5 Å². The highest BCUT2D eigenvalue weighted by Gasteiger charge is 2.25. The molecule has 0 spiro atoms. The van der Waals surface area contributed by atoms with Crippen LogP contribution in [0.2, 0.25) is 0 Å². The molecule has 18 heavy (non-hydrogen) atoms. The third-order valence-electron chi connectivity index (χ3n) is 4.49. The summed E-state index contributed by atoms with van der Waals surface area (Å²) in [4.78, 5) is 0. The van der Waals surface area contributed by atoms with E-state index in [0.29, 0.717) is 6.04 Å². The molecule has 0 fully saturated rings. The molecular weight excluding hydrogens is 218 g/mol. The van der Waals surface area contributed by atoms with E-state index in [1.54, 1.807) is 11.1 Å². The highest BCUT2D eigenvalue weighted by atomic mass is 14.9. The molecule has 100 valence electrons. The van der Waals surface area contributed by atoms with E-state index in [9.17, 15) is 0 Å². The first-order chi connectivity index (χ1) is 8.74. The summed E-state index contributed by atoms with van der Waals surface area (Å²) < 4.78 is 0. The van der Waals surface area contributed by atoms with E-state index >= 15 is 0 Å². The average Bonchev–Trinajstić information content (AvgIpc) is 2.38. The molecule has 1 aliphatic carbocycles. The maximum Gasteiger partial charge on any atom is 0.00672 e. The van der Waals surface area contributed by atoms with Gasteiger partial charge in [-0.05, 0) is 36.3 Å². The smallest absolute Gasteiger partial charge is 0.00672 e. The Morgan fingerprint density at radius 3 is 2.67 bits per heavy atom. The fraction of sp³-hybridized carbons (Fsp3) is 0.647. The summed E-state index contributed by atoms with van der Waals surface area (Å²) >= 11 is 0. The fourth-order valence-electron chi connectivity index (χ4n) is 2.90. The minimum atomic E-state index is 0.702. The maximum absolute atomic E-state index is 3.78. The lowest BCUT2D eigenvalue weighted by atomic mass is 9.77. The number of nitrogens with one attached hydrogen (secondary N) is 1. The molecule has 0 aromatic heterocycles. The monoisotopic (exact) mass is 245 g/mol. The third-order valence-corrected chi connectivity index (χ3v) is 4.49. The van der Waals surface area contributed by atoms with Crippen LogP contribution in [0.1, 0.15) is 57.1 Å². The number of hydrogen-bond acceptors (Lipinski definition) is 1. The van der Waals surface area contributed by atoms with Gasteiger partial charge in [0.1, 0.15) is 0 Å². The van der Waals surface area contributed by atoms with E-state index in [4.69, 9.17) is 0 Å². The molecule has 1 aromatic rings. The van der Waals surface area contributed by atoms with Crippen molar-refractivity contribution in [1.82, 2.24) is 5.32 Å². The van der Waals surface area contributed by atoms with Gasteiger partial charge in [0, 0.05) is 18.5 Å². The molecule has 1 aliphatic rings. The second-order valence-corrected chi connectivity index (χ2v) is 5.86. The van der Waals surface area contributed by atoms with Crippen molar-refractivity contribution in [2.24, 2.45) is 5.92 Å². The van der Waals surface area contributed by atoms with Crippen LogP contribution in [0.15, 0.2) is 24.3 Å². The zero-order chi connectivity index (χ0) is 13.0. The van der Waals surface area contributed by atoms with E-state index in [-0.39, 0.29) is 0 Å². The van der Waals surface area contributed by atoms with Crippen LogP contribution in [0, 0.1) is 5.92 Å². The molecule has 0 bridgehead atoms. The van der Waals surface area contributed by atoms with Gasteiger partial charge in [-0.2, -0.15) is 0 Å². The first kappa shape index (κ1) is 13.6. The van der Waals surface area contributed by atoms with Crippen LogP contribution in [-0.2, 0) is 6.42 Å². The van der Waals surface area contributed by atoms with Gasteiger partial charge in [0.05, 0.1) is 0 Å². The third kappa shape index (κ3) is 3.14. The van der Waals surface area contributed by atoms with Crippen molar-refractivity contribution in [2.45, 2.75) is 58.4 Å². The van der Waals surface area contributed by atoms with Gasteiger partial charge in [0.25, 0.3) is 0 Å². The van der Waals surface area contributed by atoms with Gasteiger partial charge in [-0.15, -0.1) is 0 Å². The molecule has 3 unspecified atom stereocenters. The Morgan fingerprint density at radius 2 is 2.00 bits per heavy atom. The van der Waals surface area contributed by atoms with Crippen LogP contribution >= 0.6 is 0 Å². The van der Waals surface area contributed by atoms with Crippen LogP contribution in [0.5, 0.6) is 0 Å². The van der Waals surface area contributed by atoms with Crippen molar-refractivity contribution in [1.29, 1.82) is 0 Å². The molecule has 0 amide bonds. The van der Waals surface area contributed by atoms with Crippen molar-refractivity contribution in [3.8, 4) is 0 Å². The lowest BCUT2D eigenvalue weighted by molar-refractivity contribution is 0.370. The summed E-state index contributed by atoms with van der Waals surface area (Å²) in [7, 11) is 0. The minimum absolute atomic E-state index is 0.702. The van der Waals surface area contributed by atoms with E-state index in [0.717, 1.165) is 18.4 Å². The number of fused-ring (bicyclic) bond motifs is 1. The van der Waals surface area contributed by atoms with Crippen molar-refractivity contribution >= 4 is 0 Å². The van der Waals surface area contributed by atoms with Crippen LogP contribution in [0.25, 0.3) is 0 Å². The van der Waals surface area contributed by atoms with Crippen molar-refractivity contribution < 1.29 is 0 Å². The standard InChI is InChI=1S/C17H27N/c1-4-13(3)10-16(5-2)18-12-15-11-14-8-6-7-9-17(14)15/h6-9,13,15-16,18H,4-5,10-12H2,1-3H3. The lowest BCUT2D eigenvalue weighted by Crippen LogP contribution is -2.36. The summed E-state index contributed by atoms with van der Waals surface area (Å²) in [6.07, 6.45) is 5.13. The second kappa shape index (κ2) is 6.38. The normalized spacial score (nSPS) is 20.9. The summed E-state index contributed by atoms with van der Waals surface area (Å²) in [5.74, 6) is 1.60. The molecule has 1 nitrogen and oxygen atoms in total. The Kier molecular flexibility index (Phi) is 4.82. The maximum atomic E-state index is 3.78. The fourth-order valence-corrected chi connectivity index (χ4v) is 2.90. The molecule has 1 aromatic carbocycles. The Bertz CT molecular complexity index is 372. The van der Waals surface area contributed by atoms with Gasteiger partial charge < -0.3 is 5.32 Å². The Morgan fingerprint density at radius 1 is 1.22 bits per heavy atom. The molecule has 0 aliphatic heterocycles. The summed E-state index contributed by atoms with van der Waals surface area (Å²) in [6.45, 7) is 8.11. The topological polar surface area (TPSA) is 12.0 Å². The van der Waals surface area contributed by atoms with Gasteiger partial charge in [-0.25, -0.2) is 0 Å². The van der Waals surface area contributed by atoms with Gasteiger partial charge in [-0.3, -0.25) is 0 Å². The molecule has 1 N–H and O–H groups in total. The predicted octanol–water partition coefficient (Wildman–Crippen LogP) is 4.13. The molecule has 0 radical (unpaired) electrons. The number of hydrogen-bond donors (Lipinski definition) is 1. The lowest BCUT2D eigenvalue weighted by Gasteiger charge is -2.32. The highest BCUT2D eigenvalue weighted by molar-refractivity contribution is 5.40. The molecule has 3 atom stereocenters. The molecule has 2 rings (SSSR count). The molecule has 0 saturated heterocycles. The van der Waals surface area contributed by atoms with E-state index in [2.05, 4.69) is 50.4 Å². The Balaban J connectivity index is 1.78. The van der Waals surface area contributed by atoms with E-state index < -0.39 is 0 Å². The summed E-state index contributed by atoms with van der Waals surface area (Å²) in [5.41, 5.74) is 3.13. The van der Waals surface area contributed by atoms with Crippen LogP contribution < -0.4 is 5.32 Å². The van der Waals surface area contributed by atoms with Crippen molar-refractivity contribution in [2.75, 3.05) is 6.54 Å². The number of rotatable bonds is 7. The van der Waals surface area contributed by atoms with Crippen molar-refractivity contribution in [3.05, 3.63) is 35.4 Å². The largest absolute Gasteiger partial charge is 0.313 e. The van der Waals surface area contributed by atoms with Gasteiger partial charge in [0.2, 0.25) is 0 Å². The summed E-state index contributed by atoms with van der Waals surface area (Å²) in [6, 6.07) is 9.58. The molecule has 0 saturated carbocycles. The van der Waals surface area contributed by atoms with Crippen LogP contribution in [0.4, 0.5) is 0 Å². The molecule has 1 heteroatoms. The Labute approximate surface area is 112 Å². The number of benzene rings is 1. The van der Waals surface area contributed by atoms with Gasteiger partial charge >= 0.3 is 0 Å². The SMILES string of the molecule is CCC(C)CC(CC)NCC1Cc2ccccc21. The summed E-state index contributed by atoms with van der Waals surface area (Å²) in [5, 5.41) is 3.78. The van der Waals surface area contributed by atoms with E-state index in [1.807, 2.05) is 0 Å². The second-order valence-electron chi connectivity index (χ2n) is 5.86. The van der Waals surface area contributed by atoms with Gasteiger partial charge in [0.15, 0.2) is 0 Å². The highest BCUT2D eigenvalue weighted by Crippen LogP contribution is 2.34. The zero-order valence-corrected chi connectivity index (χ0v) is 12.1. The zero-order valence-electron chi connectivity index (χ0n) is 12.1. The van der Waals surface area contributed by atoms with Crippen LogP contribution in [-0.4, -0.2) is 12.6 Å². The Hall–Kier alpha value is -0.820. The minimum Gasteiger partial charge on any atom is -0.313 e. The first-order valence-corrected chi connectivity index (χ1v) is 7.55.